The number of amides is 1. The average Bonchev–Trinajstić information content (AvgIpc) is 2.99. The Bertz CT molecular complexity index is 739. The number of rotatable bonds is 4. The zero-order chi connectivity index (χ0) is 16.4. The van der Waals surface area contributed by atoms with Crippen molar-refractivity contribution in [3.05, 3.63) is 53.1 Å². The molecule has 0 radical (unpaired) electrons. The number of ether oxygens (including phenoxy) is 2. The zero-order valence-electron chi connectivity index (χ0n) is 13.8. The fourth-order valence-electron chi connectivity index (χ4n) is 3.23. The molecule has 0 saturated heterocycles. The molecule has 0 aromatic heterocycles. The molecule has 2 aromatic rings. The molecule has 0 N–H and O–H groups in total. The Balaban J connectivity index is 1.86. The second kappa shape index (κ2) is 6.32. The third-order valence-corrected chi connectivity index (χ3v) is 4.39. The van der Waals surface area contributed by atoms with Crippen molar-refractivity contribution in [2.75, 3.05) is 25.7 Å². The number of fused-ring (bicyclic) bond motifs is 1. The standard InChI is InChI=1S/C19H21NO3/c1-13-17(22-2)9-8-15(19(13)23-3)12-18(21)20-11-10-14-6-4-5-7-16(14)20/h4-9H,10-12H2,1-3H3. The Morgan fingerprint density at radius 3 is 2.65 bits per heavy atom. The van der Waals surface area contributed by atoms with Gasteiger partial charge in [-0.05, 0) is 31.0 Å². The Morgan fingerprint density at radius 1 is 1.13 bits per heavy atom. The predicted octanol–water partition coefficient (Wildman–Crippen LogP) is 3.14. The van der Waals surface area contributed by atoms with E-state index < -0.39 is 0 Å². The van der Waals surface area contributed by atoms with Crippen molar-refractivity contribution in [3.63, 3.8) is 0 Å². The van der Waals surface area contributed by atoms with Crippen LogP contribution >= 0.6 is 0 Å². The molecule has 1 aliphatic rings. The highest BCUT2D eigenvalue weighted by Crippen LogP contribution is 2.33. The highest BCUT2D eigenvalue weighted by atomic mass is 16.5. The fourth-order valence-corrected chi connectivity index (χ4v) is 3.23. The summed E-state index contributed by atoms with van der Waals surface area (Å²) >= 11 is 0. The van der Waals surface area contributed by atoms with Crippen LogP contribution in [0.3, 0.4) is 0 Å². The van der Waals surface area contributed by atoms with Gasteiger partial charge in [0.25, 0.3) is 0 Å². The van der Waals surface area contributed by atoms with Gasteiger partial charge in [0.15, 0.2) is 0 Å². The molecule has 0 spiro atoms. The number of anilines is 1. The number of hydrogen-bond acceptors (Lipinski definition) is 3. The minimum Gasteiger partial charge on any atom is -0.496 e. The van der Waals surface area contributed by atoms with Crippen LogP contribution in [0.2, 0.25) is 0 Å². The van der Waals surface area contributed by atoms with E-state index in [1.807, 2.05) is 42.2 Å². The highest BCUT2D eigenvalue weighted by molar-refractivity contribution is 5.97. The van der Waals surface area contributed by atoms with Crippen molar-refractivity contribution < 1.29 is 14.3 Å². The lowest BCUT2D eigenvalue weighted by molar-refractivity contribution is -0.117. The van der Waals surface area contributed by atoms with Crippen molar-refractivity contribution in [1.82, 2.24) is 0 Å². The summed E-state index contributed by atoms with van der Waals surface area (Å²) in [5, 5.41) is 0. The first-order valence-corrected chi connectivity index (χ1v) is 7.74. The molecule has 4 heteroatoms. The maximum Gasteiger partial charge on any atom is 0.231 e. The Labute approximate surface area is 136 Å². The van der Waals surface area contributed by atoms with Gasteiger partial charge in [-0.1, -0.05) is 24.3 Å². The monoisotopic (exact) mass is 311 g/mol. The van der Waals surface area contributed by atoms with E-state index in [1.165, 1.54) is 5.56 Å². The molecule has 4 nitrogen and oxygen atoms in total. The number of nitrogens with zero attached hydrogens (tertiary/aromatic N) is 1. The van der Waals surface area contributed by atoms with E-state index in [-0.39, 0.29) is 5.91 Å². The van der Waals surface area contributed by atoms with Crippen LogP contribution in [0.25, 0.3) is 0 Å². The summed E-state index contributed by atoms with van der Waals surface area (Å²) in [4.78, 5) is 14.6. The van der Waals surface area contributed by atoms with E-state index in [0.29, 0.717) is 6.42 Å². The third kappa shape index (κ3) is 2.77. The van der Waals surface area contributed by atoms with Gasteiger partial charge in [-0.25, -0.2) is 0 Å². The summed E-state index contributed by atoms with van der Waals surface area (Å²) < 4.78 is 10.8. The highest BCUT2D eigenvalue weighted by Gasteiger charge is 2.25. The number of methoxy groups -OCH3 is 2. The van der Waals surface area contributed by atoms with Gasteiger partial charge >= 0.3 is 0 Å². The van der Waals surface area contributed by atoms with Gasteiger partial charge in [0.1, 0.15) is 11.5 Å². The molecule has 0 aliphatic carbocycles. The van der Waals surface area contributed by atoms with Gasteiger partial charge in [-0.3, -0.25) is 4.79 Å². The average molecular weight is 311 g/mol. The van der Waals surface area contributed by atoms with E-state index in [1.54, 1.807) is 14.2 Å². The van der Waals surface area contributed by atoms with E-state index in [9.17, 15) is 4.79 Å². The molecule has 0 bridgehead atoms. The fraction of sp³-hybridized carbons (Fsp3) is 0.316. The first-order chi connectivity index (χ1) is 11.2. The normalized spacial score (nSPS) is 12.9. The van der Waals surface area contributed by atoms with E-state index in [4.69, 9.17) is 9.47 Å². The predicted molar refractivity (Wildman–Crippen MR) is 90.5 cm³/mol. The molecule has 0 unspecified atom stereocenters. The number of benzene rings is 2. The lowest BCUT2D eigenvalue weighted by Crippen LogP contribution is -2.30. The van der Waals surface area contributed by atoms with Crippen LogP contribution in [0, 0.1) is 6.92 Å². The van der Waals surface area contributed by atoms with Crippen LogP contribution in [0.5, 0.6) is 11.5 Å². The smallest absolute Gasteiger partial charge is 0.231 e. The van der Waals surface area contributed by atoms with E-state index in [0.717, 1.165) is 41.3 Å². The quantitative estimate of drug-likeness (QED) is 0.870. The molecular formula is C19H21NO3. The summed E-state index contributed by atoms with van der Waals surface area (Å²) in [5.41, 5.74) is 4.07. The van der Waals surface area contributed by atoms with Gasteiger partial charge in [0.2, 0.25) is 5.91 Å². The summed E-state index contributed by atoms with van der Waals surface area (Å²) in [6.45, 7) is 2.69. The van der Waals surface area contributed by atoms with Crippen molar-refractivity contribution in [1.29, 1.82) is 0 Å². The van der Waals surface area contributed by atoms with E-state index >= 15 is 0 Å². The van der Waals surface area contributed by atoms with Crippen LogP contribution in [-0.4, -0.2) is 26.7 Å². The van der Waals surface area contributed by atoms with Crippen molar-refractivity contribution in [2.24, 2.45) is 0 Å². The van der Waals surface area contributed by atoms with Crippen LogP contribution in [0.15, 0.2) is 36.4 Å². The molecule has 120 valence electrons. The Hall–Kier alpha value is -2.49. The topological polar surface area (TPSA) is 38.8 Å². The first kappa shape index (κ1) is 15.4. The minimum atomic E-state index is 0.0952. The zero-order valence-corrected chi connectivity index (χ0v) is 13.8. The Kier molecular flexibility index (Phi) is 4.24. The molecule has 1 amide bonds. The largest absolute Gasteiger partial charge is 0.496 e. The maximum atomic E-state index is 12.8. The summed E-state index contributed by atoms with van der Waals surface area (Å²) in [6.07, 6.45) is 1.24. The second-order valence-electron chi connectivity index (χ2n) is 5.69. The van der Waals surface area contributed by atoms with Gasteiger partial charge < -0.3 is 14.4 Å². The molecule has 1 heterocycles. The van der Waals surface area contributed by atoms with Crippen LogP contribution in [0.1, 0.15) is 16.7 Å². The molecule has 0 fully saturated rings. The van der Waals surface area contributed by atoms with Crippen LogP contribution in [0.4, 0.5) is 5.69 Å². The number of carbonyl (C=O) groups is 1. The lowest BCUT2D eigenvalue weighted by atomic mass is 10.0. The summed E-state index contributed by atoms with van der Waals surface area (Å²) in [5.74, 6) is 1.59. The van der Waals surface area contributed by atoms with Crippen molar-refractivity contribution in [2.45, 2.75) is 19.8 Å². The van der Waals surface area contributed by atoms with Gasteiger partial charge in [-0.2, -0.15) is 0 Å². The van der Waals surface area contributed by atoms with Gasteiger partial charge in [-0.15, -0.1) is 0 Å². The minimum absolute atomic E-state index is 0.0952. The molecular weight excluding hydrogens is 290 g/mol. The van der Waals surface area contributed by atoms with Crippen molar-refractivity contribution >= 4 is 11.6 Å². The van der Waals surface area contributed by atoms with Gasteiger partial charge in [0, 0.05) is 23.4 Å². The summed E-state index contributed by atoms with van der Waals surface area (Å²) in [6, 6.07) is 11.9. The van der Waals surface area contributed by atoms with E-state index in [2.05, 4.69) is 6.07 Å². The second-order valence-corrected chi connectivity index (χ2v) is 5.69. The molecule has 0 saturated carbocycles. The molecule has 1 aliphatic heterocycles. The number of carbonyl (C=O) groups excluding carboxylic acids is 1. The van der Waals surface area contributed by atoms with Gasteiger partial charge in [0.05, 0.1) is 20.6 Å². The third-order valence-electron chi connectivity index (χ3n) is 4.39. The van der Waals surface area contributed by atoms with Crippen LogP contribution in [-0.2, 0) is 17.6 Å². The molecule has 3 rings (SSSR count). The maximum absolute atomic E-state index is 12.8. The van der Waals surface area contributed by atoms with Crippen molar-refractivity contribution in [3.8, 4) is 11.5 Å². The molecule has 23 heavy (non-hydrogen) atoms. The lowest BCUT2D eigenvalue weighted by Gasteiger charge is -2.19. The Morgan fingerprint density at radius 2 is 1.91 bits per heavy atom. The number of para-hydroxylation sites is 1. The SMILES string of the molecule is COc1ccc(CC(=O)N2CCc3ccccc32)c(OC)c1C. The van der Waals surface area contributed by atoms with Crippen LogP contribution < -0.4 is 14.4 Å². The molecule has 2 aromatic carbocycles. The number of hydrogen-bond donors (Lipinski definition) is 0. The summed E-state index contributed by atoms with van der Waals surface area (Å²) in [7, 11) is 3.26. The molecule has 0 atom stereocenters. The first-order valence-electron chi connectivity index (χ1n) is 7.74.